The van der Waals surface area contributed by atoms with Gasteiger partial charge in [0.15, 0.2) is 11.5 Å². The number of carbonyl (C=O) groups excluding carboxylic acids is 1. The van der Waals surface area contributed by atoms with Crippen LogP contribution in [0.3, 0.4) is 0 Å². The second-order valence-corrected chi connectivity index (χ2v) is 7.98. The van der Waals surface area contributed by atoms with Crippen LogP contribution in [0.25, 0.3) is 0 Å². The fraction of sp³-hybridized carbons (Fsp3) is 0.435. The van der Waals surface area contributed by atoms with E-state index in [4.69, 9.17) is 9.47 Å². The number of fused-ring (bicyclic) bond motifs is 2. The Morgan fingerprint density at radius 3 is 2.59 bits per heavy atom. The molecule has 0 saturated carbocycles. The molecule has 2 aromatic carbocycles. The third-order valence-corrected chi connectivity index (χ3v) is 6.14. The van der Waals surface area contributed by atoms with Crippen LogP contribution in [0, 0.1) is 0 Å². The first-order valence-corrected chi connectivity index (χ1v) is 10.5. The second-order valence-electron chi connectivity index (χ2n) is 7.98. The molecule has 5 rings (SSSR count). The average Bonchev–Trinajstić information content (AvgIpc) is 3.39. The Bertz CT molecular complexity index is 893. The lowest BCUT2D eigenvalue weighted by atomic mass is 10.1. The van der Waals surface area contributed by atoms with E-state index < -0.39 is 0 Å². The van der Waals surface area contributed by atoms with E-state index in [9.17, 15) is 4.79 Å². The number of carbonyl (C=O) groups is 1. The Morgan fingerprint density at radius 2 is 1.69 bits per heavy atom. The van der Waals surface area contributed by atoms with Gasteiger partial charge < -0.3 is 19.3 Å². The summed E-state index contributed by atoms with van der Waals surface area (Å²) in [5, 5.41) is 0. The minimum absolute atomic E-state index is 0.248. The van der Waals surface area contributed by atoms with Crippen LogP contribution in [0.15, 0.2) is 42.5 Å². The van der Waals surface area contributed by atoms with Crippen LogP contribution in [0.5, 0.6) is 11.5 Å². The van der Waals surface area contributed by atoms with Gasteiger partial charge in [0.2, 0.25) is 12.7 Å². The van der Waals surface area contributed by atoms with Gasteiger partial charge in [-0.1, -0.05) is 24.3 Å². The first kappa shape index (κ1) is 18.5. The molecular weight excluding hydrogens is 366 g/mol. The summed E-state index contributed by atoms with van der Waals surface area (Å²) in [5.74, 6) is 1.93. The SMILES string of the molecule is O=C(CCN1CCN(Cc2ccc3c(c2)OCO3)CC1)N1CCc2ccccc21. The van der Waals surface area contributed by atoms with Crippen molar-refractivity contribution in [1.29, 1.82) is 0 Å². The van der Waals surface area contributed by atoms with Crippen molar-refractivity contribution in [2.24, 2.45) is 0 Å². The summed E-state index contributed by atoms with van der Waals surface area (Å²) in [7, 11) is 0. The zero-order valence-corrected chi connectivity index (χ0v) is 16.7. The van der Waals surface area contributed by atoms with Gasteiger partial charge in [-0.15, -0.1) is 0 Å². The van der Waals surface area contributed by atoms with Crippen LogP contribution < -0.4 is 14.4 Å². The fourth-order valence-corrected chi connectivity index (χ4v) is 4.45. The summed E-state index contributed by atoms with van der Waals surface area (Å²) < 4.78 is 10.9. The molecule has 6 heteroatoms. The quantitative estimate of drug-likeness (QED) is 0.781. The molecule has 6 nitrogen and oxygen atoms in total. The first-order chi connectivity index (χ1) is 14.3. The number of para-hydroxylation sites is 1. The molecular formula is C23H27N3O3. The van der Waals surface area contributed by atoms with Gasteiger partial charge >= 0.3 is 0 Å². The summed E-state index contributed by atoms with van der Waals surface area (Å²) in [4.78, 5) is 19.6. The van der Waals surface area contributed by atoms with Crippen LogP contribution in [-0.4, -0.2) is 61.8 Å². The van der Waals surface area contributed by atoms with Crippen molar-refractivity contribution in [3.63, 3.8) is 0 Å². The number of hydrogen-bond acceptors (Lipinski definition) is 5. The predicted molar refractivity (Wildman–Crippen MR) is 111 cm³/mol. The van der Waals surface area contributed by atoms with Gasteiger partial charge in [0, 0.05) is 57.9 Å². The maximum atomic E-state index is 12.7. The molecule has 0 N–H and O–H groups in total. The molecule has 0 aromatic heterocycles. The zero-order chi connectivity index (χ0) is 19.6. The lowest BCUT2D eigenvalue weighted by Gasteiger charge is -2.34. The van der Waals surface area contributed by atoms with Crippen molar-refractivity contribution in [1.82, 2.24) is 9.80 Å². The van der Waals surface area contributed by atoms with Crippen LogP contribution in [0.2, 0.25) is 0 Å². The highest BCUT2D eigenvalue weighted by atomic mass is 16.7. The Hall–Kier alpha value is -2.57. The molecule has 29 heavy (non-hydrogen) atoms. The van der Waals surface area contributed by atoms with Crippen LogP contribution in [0.4, 0.5) is 5.69 Å². The molecule has 0 radical (unpaired) electrons. The normalized spacial score (nSPS) is 18.8. The summed E-state index contributed by atoms with van der Waals surface area (Å²) in [6, 6.07) is 14.5. The molecule has 1 saturated heterocycles. The lowest BCUT2D eigenvalue weighted by molar-refractivity contribution is -0.118. The number of anilines is 1. The molecule has 1 fully saturated rings. The smallest absolute Gasteiger partial charge is 0.231 e. The molecule has 3 aliphatic heterocycles. The first-order valence-electron chi connectivity index (χ1n) is 10.5. The molecule has 0 aliphatic carbocycles. The molecule has 0 atom stereocenters. The van der Waals surface area contributed by atoms with Crippen LogP contribution in [0.1, 0.15) is 17.5 Å². The number of rotatable bonds is 5. The van der Waals surface area contributed by atoms with E-state index in [0.29, 0.717) is 13.2 Å². The molecule has 0 unspecified atom stereocenters. The maximum absolute atomic E-state index is 12.7. The number of benzene rings is 2. The van der Waals surface area contributed by atoms with Crippen molar-refractivity contribution in [2.75, 3.05) is 51.0 Å². The van der Waals surface area contributed by atoms with Gasteiger partial charge in [-0.05, 0) is 35.7 Å². The summed E-state index contributed by atoms with van der Waals surface area (Å²) in [5.41, 5.74) is 3.65. The second kappa shape index (κ2) is 8.05. The monoisotopic (exact) mass is 393 g/mol. The highest BCUT2D eigenvalue weighted by Gasteiger charge is 2.25. The number of piperazine rings is 1. The molecule has 152 valence electrons. The van der Waals surface area contributed by atoms with Crippen molar-refractivity contribution in [2.45, 2.75) is 19.4 Å². The molecule has 0 bridgehead atoms. The minimum Gasteiger partial charge on any atom is -0.454 e. The maximum Gasteiger partial charge on any atom is 0.231 e. The van der Waals surface area contributed by atoms with Gasteiger partial charge in [-0.25, -0.2) is 0 Å². The Kier molecular flexibility index (Phi) is 5.12. The molecule has 3 aliphatic rings. The van der Waals surface area contributed by atoms with Gasteiger partial charge in [-0.2, -0.15) is 0 Å². The standard InChI is InChI=1S/C23H27N3O3/c27-23(26-10-7-19-3-1-2-4-20(19)26)8-9-24-11-13-25(14-12-24)16-18-5-6-21-22(15-18)29-17-28-21/h1-6,15H,7-14,16-17H2. The van der Waals surface area contributed by atoms with E-state index in [0.717, 1.165) is 69.4 Å². The van der Waals surface area contributed by atoms with Crippen molar-refractivity contribution >= 4 is 11.6 Å². The largest absolute Gasteiger partial charge is 0.454 e. The van der Waals surface area contributed by atoms with Crippen molar-refractivity contribution in [3.05, 3.63) is 53.6 Å². The van der Waals surface area contributed by atoms with E-state index in [2.05, 4.69) is 40.1 Å². The highest BCUT2D eigenvalue weighted by molar-refractivity contribution is 5.95. The molecule has 0 spiro atoms. The van der Waals surface area contributed by atoms with Crippen molar-refractivity contribution in [3.8, 4) is 11.5 Å². The van der Waals surface area contributed by atoms with Crippen LogP contribution >= 0.6 is 0 Å². The van der Waals surface area contributed by atoms with Gasteiger partial charge in [0.25, 0.3) is 0 Å². The topological polar surface area (TPSA) is 45.3 Å². The van der Waals surface area contributed by atoms with Crippen molar-refractivity contribution < 1.29 is 14.3 Å². The average molecular weight is 393 g/mol. The summed E-state index contributed by atoms with van der Waals surface area (Å²) >= 11 is 0. The Labute approximate surface area is 171 Å². The van der Waals surface area contributed by atoms with E-state index in [1.165, 1.54) is 11.1 Å². The van der Waals surface area contributed by atoms with E-state index in [1.807, 2.05) is 17.0 Å². The highest BCUT2D eigenvalue weighted by Crippen LogP contribution is 2.33. The summed E-state index contributed by atoms with van der Waals surface area (Å²) in [6.45, 7) is 6.97. The van der Waals surface area contributed by atoms with Gasteiger partial charge in [0.1, 0.15) is 0 Å². The zero-order valence-electron chi connectivity index (χ0n) is 16.7. The third kappa shape index (κ3) is 3.95. The minimum atomic E-state index is 0.248. The van der Waals surface area contributed by atoms with E-state index in [1.54, 1.807) is 0 Å². The number of nitrogens with zero attached hydrogens (tertiary/aromatic N) is 3. The molecule has 3 heterocycles. The van der Waals surface area contributed by atoms with E-state index in [-0.39, 0.29) is 5.91 Å². The third-order valence-electron chi connectivity index (χ3n) is 6.14. The number of amides is 1. The molecule has 1 amide bonds. The number of hydrogen-bond donors (Lipinski definition) is 0. The molecule has 2 aromatic rings. The Morgan fingerprint density at radius 1 is 0.897 bits per heavy atom. The fourth-order valence-electron chi connectivity index (χ4n) is 4.45. The van der Waals surface area contributed by atoms with Gasteiger partial charge in [0.05, 0.1) is 0 Å². The van der Waals surface area contributed by atoms with Crippen LogP contribution in [-0.2, 0) is 17.8 Å². The number of ether oxygens (including phenoxy) is 2. The van der Waals surface area contributed by atoms with Gasteiger partial charge in [-0.3, -0.25) is 9.69 Å². The van der Waals surface area contributed by atoms with E-state index >= 15 is 0 Å². The lowest BCUT2D eigenvalue weighted by Crippen LogP contribution is -2.46. The summed E-state index contributed by atoms with van der Waals surface area (Å²) in [6.07, 6.45) is 1.57. The Balaban J connectivity index is 1.08. The predicted octanol–water partition coefficient (Wildman–Crippen LogP) is 2.51.